The largest absolute Gasteiger partial charge is 0.497 e. The minimum absolute atomic E-state index is 0.108. The van der Waals surface area contributed by atoms with Crippen LogP contribution in [-0.4, -0.2) is 41.1 Å². The van der Waals surface area contributed by atoms with E-state index < -0.39 is 0 Å². The first kappa shape index (κ1) is 17.5. The number of ether oxygens (including phenoxy) is 1. The van der Waals surface area contributed by atoms with Gasteiger partial charge in [0.2, 0.25) is 17.6 Å². The third-order valence-electron chi connectivity index (χ3n) is 4.48. The monoisotopic (exact) mass is 343 g/mol. The molecule has 0 radical (unpaired) electrons. The van der Waals surface area contributed by atoms with E-state index in [1.54, 1.807) is 7.11 Å². The van der Waals surface area contributed by atoms with Gasteiger partial charge in [0.1, 0.15) is 5.75 Å². The molecular weight excluding hydrogens is 318 g/mol. The first-order chi connectivity index (χ1) is 12.1. The third-order valence-corrected chi connectivity index (χ3v) is 4.48. The molecule has 134 valence electrons. The molecule has 1 fully saturated rings. The molecule has 1 amide bonds. The summed E-state index contributed by atoms with van der Waals surface area (Å²) in [6, 6.07) is 7.59. The molecule has 6 nitrogen and oxygen atoms in total. The van der Waals surface area contributed by atoms with E-state index in [2.05, 4.69) is 24.0 Å². The number of carbonyl (C=O) groups is 1. The highest BCUT2D eigenvalue weighted by molar-refractivity contribution is 5.76. The van der Waals surface area contributed by atoms with Gasteiger partial charge in [-0.2, -0.15) is 4.98 Å². The summed E-state index contributed by atoms with van der Waals surface area (Å²) in [6.07, 6.45) is 2.52. The maximum Gasteiger partial charge on any atom is 0.231 e. The van der Waals surface area contributed by atoms with Crippen LogP contribution in [0.5, 0.6) is 5.75 Å². The van der Waals surface area contributed by atoms with E-state index in [-0.39, 0.29) is 11.8 Å². The Morgan fingerprint density at radius 2 is 2.28 bits per heavy atom. The van der Waals surface area contributed by atoms with Crippen LogP contribution in [-0.2, 0) is 4.79 Å². The zero-order valence-electron chi connectivity index (χ0n) is 15.1. The molecule has 2 aromatic rings. The van der Waals surface area contributed by atoms with Crippen molar-refractivity contribution < 1.29 is 14.1 Å². The summed E-state index contributed by atoms with van der Waals surface area (Å²) in [7, 11) is 1.63. The highest BCUT2D eigenvalue weighted by atomic mass is 16.5. The predicted octanol–water partition coefficient (Wildman–Crippen LogP) is 3.50. The van der Waals surface area contributed by atoms with Gasteiger partial charge in [0.05, 0.1) is 13.0 Å². The summed E-state index contributed by atoms with van der Waals surface area (Å²) >= 11 is 0. The Bertz CT molecular complexity index is 726. The number of carbonyl (C=O) groups excluding carboxylic acids is 1. The van der Waals surface area contributed by atoms with Gasteiger partial charge >= 0.3 is 0 Å². The van der Waals surface area contributed by atoms with E-state index in [4.69, 9.17) is 9.26 Å². The van der Waals surface area contributed by atoms with Crippen LogP contribution in [0.15, 0.2) is 28.8 Å². The van der Waals surface area contributed by atoms with Crippen molar-refractivity contribution in [2.75, 3.05) is 20.2 Å². The molecule has 2 heterocycles. The van der Waals surface area contributed by atoms with Gasteiger partial charge in [-0.3, -0.25) is 4.79 Å². The number of hydrogen-bond acceptors (Lipinski definition) is 5. The van der Waals surface area contributed by atoms with Crippen molar-refractivity contribution in [1.82, 2.24) is 15.0 Å². The molecule has 1 saturated heterocycles. The van der Waals surface area contributed by atoms with Gasteiger partial charge in [-0.1, -0.05) is 31.1 Å². The fourth-order valence-corrected chi connectivity index (χ4v) is 3.16. The zero-order valence-corrected chi connectivity index (χ0v) is 15.1. The number of likely N-dealkylation sites (tertiary alicyclic amines) is 1. The molecule has 1 aliphatic heterocycles. The van der Waals surface area contributed by atoms with Crippen LogP contribution in [0.4, 0.5) is 0 Å². The quantitative estimate of drug-likeness (QED) is 0.831. The number of benzene rings is 1. The summed E-state index contributed by atoms with van der Waals surface area (Å²) in [5.74, 6) is 2.62. The second-order valence-corrected chi connectivity index (χ2v) is 6.97. The second kappa shape index (κ2) is 7.68. The molecule has 6 heteroatoms. The number of nitrogens with zero attached hydrogens (tertiary/aromatic N) is 3. The summed E-state index contributed by atoms with van der Waals surface area (Å²) in [4.78, 5) is 18.8. The molecule has 25 heavy (non-hydrogen) atoms. The van der Waals surface area contributed by atoms with E-state index >= 15 is 0 Å². The van der Waals surface area contributed by atoms with Crippen LogP contribution in [0.25, 0.3) is 11.4 Å². The Balaban J connectivity index is 1.72. The molecule has 0 aliphatic carbocycles. The molecule has 1 atom stereocenters. The topological polar surface area (TPSA) is 68.5 Å². The average Bonchev–Trinajstić information content (AvgIpc) is 3.11. The Hall–Kier alpha value is -2.37. The summed E-state index contributed by atoms with van der Waals surface area (Å²) in [5, 5.41) is 4.11. The number of aromatic nitrogens is 2. The van der Waals surface area contributed by atoms with E-state index in [0.29, 0.717) is 30.6 Å². The fraction of sp³-hybridized carbons (Fsp3) is 0.526. The summed E-state index contributed by atoms with van der Waals surface area (Å²) < 4.78 is 10.7. The van der Waals surface area contributed by atoms with Crippen molar-refractivity contribution in [3.63, 3.8) is 0 Å². The Labute approximate surface area is 148 Å². The fourth-order valence-electron chi connectivity index (χ4n) is 3.16. The first-order valence-corrected chi connectivity index (χ1v) is 8.82. The highest BCUT2D eigenvalue weighted by Gasteiger charge is 2.28. The lowest BCUT2D eigenvalue weighted by molar-refractivity contribution is -0.133. The Kier molecular flexibility index (Phi) is 5.36. The van der Waals surface area contributed by atoms with E-state index in [0.717, 1.165) is 30.7 Å². The maximum absolute atomic E-state index is 12.3. The van der Waals surface area contributed by atoms with Gasteiger partial charge in [-0.05, 0) is 30.9 Å². The van der Waals surface area contributed by atoms with Crippen LogP contribution in [0.1, 0.15) is 44.9 Å². The minimum atomic E-state index is 0.108. The third kappa shape index (κ3) is 4.18. The number of methoxy groups -OCH3 is 1. The van der Waals surface area contributed by atoms with Crippen molar-refractivity contribution in [2.24, 2.45) is 5.92 Å². The van der Waals surface area contributed by atoms with Crippen LogP contribution < -0.4 is 4.74 Å². The van der Waals surface area contributed by atoms with Crippen LogP contribution in [0.2, 0.25) is 0 Å². The van der Waals surface area contributed by atoms with Crippen molar-refractivity contribution in [3.05, 3.63) is 30.2 Å². The van der Waals surface area contributed by atoms with Gasteiger partial charge < -0.3 is 14.2 Å². The molecular formula is C19H25N3O3. The molecule has 0 unspecified atom stereocenters. The van der Waals surface area contributed by atoms with Crippen molar-refractivity contribution in [1.29, 1.82) is 0 Å². The normalized spacial score (nSPS) is 17.8. The zero-order chi connectivity index (χ0) is 17.8. The van der Waals surface area contributed by atoms with Crippen molar-refractivity contribution >= 4 is 5.91 Å². The molecule has 0 N–H and O–H groups in total. The lowest BCUT2D eigenvalue weighted by Crippen LogP contribution is -2.39. The van der Waals surface area contributed by atoms with Crippen molar-refractivity contribution in [2.45, 2.75) is 39.0 Å². The van der Waals surface area contributed by atoms with Crippen LogP contribution in [0, 0.1) is 5.92 Å². The highest BCUT2D eigenvalue weighted by Crippen LogP contribution is 2.29. The van der Waals surface area contributed by atoms with E-state index in [1.807, 2.05) is 29.2 Å². The van der Waals surface area contributed by atoms with E-state index in [1.165, 1.54) is 0 Å². The lowest BCUT2D eigenvalue weighted by Gasteiger charge is -2.31. The minimum Gasteiger partial charge on any atom is -0.497 e. The summed E-state index contributed by atoms with van der Waals surface area (Å²) in [5.41, 5.74) is 0.859. The van der Waals surface area contributed by atoms with Gasteiger partial charge in [0, 0.05) is 25.1 Å². The lowest BCUT2D eigenvalue weighted by atomic mass is 9.97. The Morgan fingerprint density at radius 3 is 3.04 bits per heavy atom. The average molecular weight is 343 g/mol. The molecule has 0 spiro atoms. The molecule has 0 saturated carbocycles. The first-order valence-electron chi connectivity index (χ1n) is 8.82. The molecule has 0 bridgehead atoms. The smallest absolute Gasteiger partial charge is 0.231 e. The molecule has 1 aromatic heterocycles. The van der Waals surface area contributed by atoms with Crippen LogP contribution in [0.3, 0.4) is 0 Å². The molecule has 3 rings (SSSR count). The van der Waals surface area contributed by atoms with Crippen LogP contribution >= 0.6 is 0 Å². The summed E-state index contributed by atoms with van der Waals surface area (Å²) in [6.45, 7) is 5.61. The van der Waals surface area contributed by atoms with Crippen molar-refractivity contribution in [3.8, 4) is 17.1 Å². The Morgan fingerprint density at radius 1 is 1.44 bits per heavy atom. The second-order valence-electron chi connectivity index (χ2n) is 6.97. The van der Waals surface area contributed by atoms with E-state index in [9.17, 15) is 4.79 Å². The van der Waals surface area contributed by atoms with Gasteiger partial charge in [-0.25, -0.2) is 0 Å². The standard InChI is InChI=1S/C19H25N3O3/c1-13(2)10-17(23)22-9-5-7-15(12-22)19-20-18(21-25-19)14-6-4-8-16(11-14)24-3/h4,6,8,11,13,15H,5,7,9-10,12H2,1-3H3/t15-/m0/s1. The maximum atomic E-state index is 12.3. The number of hydrogen-bond donors (Lipinski definition) is 0. The van der Waals surface area contributed by atoms with Gasteiger partial charge in [-0.15, -0.1) is 0 Å². The van der Waals surface area contributed by atoms with Gasteiger partial charge in [0.25, 0.3) is 0 Å². The number of rotatable bonds is 5. The molecule has 1 aromatic carbocycles. The number of amides is 1. The number of piperidine rings is 1. The SMILES string of the molecule is COc1cccc(-c2noc([C@H]3CCCN(C(=O)CC(C)C)C3)n2)c1. The predicted molar refractivity (Wildman–Crippen MR) is 94.3 cm³/mol. The van der Waals surface area contributed by atoms with Gasteiger partial charge in [0.15, 0.2) is 0 Å². The molecule has 1 aliphatic rings.